The third-order valence-electron chi connectivity index (χ3n) is 4.96. The summed E-state index contributed by atoms with van der Waals surface area (Å²) in [6.07, 6.45) is 2.22. The summed E-state index contributed by atoms with van der Waals surface area (Å²) in [5, 5.41) is 7.55. The summed E-state index contributed by atoms with van der Waals surface area (Å²) in [4.78, 5) is 12.4. The van der Waals surface area contributed by atoms with E-state index in [0.29, 0.717) is 6.42 Å². The summed E-state index contributed by atoms with van der Waals surface area (Å²) in [6.45, 7) is 2.27. The van der Waals surface area contributed by atoms with Gasteiger partial charge in [0.15, 0.2) is 11.5 Å². The molecule has 0 aliphatic carbocycles. The van der Waals surface area contributed by atoms with Gasteiger partial charge >= 0.3 is 0 Å². The Morgan fingerprint density at radius 2 is 2.00 bits per heavy atom. The molecule has 0 saturated heterocycles. The number of para-hydroxylation sites is 1. The van der Waals surface area contributed by atoms with Crippen molar-refractivity contribution < 1.29 is 14.3 Å². The summed E-state index contributed by atoms with van der Waals surface area (Å²) in [5.41, 5.74) is 4.08. The fraction of sp³-hybridized carbons (Fsp3) is 0.200. The van der Waals surface area contributed by atoms with Gasteiger partial charge in [-0.1, -0.05) is 24.3 Å². The number of carbonyl (C=O) groups is 1. The number of aromatic nitrogens is 2. The van der Waals surface area contributed by atoms with E-state index in [9.17, 15) is 4.79 Å². The Kier molecular flexibility index (Phi) is 3.25. The monoisotopic (exact) mass is 347 g/mol. The summed E-state index contributed by atoms with van der Waals surface area (Å²) in [6, 6.07) is 13.8. The third-order valence-corrected chi connectivity index (χ3v) is 4.96. The van der Waals surface area contributed by atoms with Crippen molar-refractivity contribution in [3.8, 4) is 17.2 Å². The van der Waals surface area contributed by atoms with Crippen molar-refractivity contribution in [1.29, 1.82) is 0 Å². The molecule has 2 aliphatic rings. The molecule has 5 rings (SSSR count). The van der Waals surface area contributed by atoms with Crippen molar-refractivity contribution in [1.82, 2.24) is 9.78 Å². The SMILES string of the molecule is Cc1ccccc1-n1ncc2c1NC(=O)CC2c1ccc2c(c1)OCO2. The molecule has 3 aromatic rings. The van der Waals surface area contributed by atoms with Crippen LogP contribution in [0.2, 0.25) is 0 Å². The van der Waals surface area contributed by atoms with Gasteiger partial charge in [-0.3, -0.25) is 4.79 Å². The molecule has 0 fully saturated rings. The molecule has 26 heavy (non-hydrogen) atoms. The molecule has 6 nitrogen and oxygen atoms in total. The molecular formula is C20H17N3O3. The van der Waals surface area contributed by atoms with E-state index in [0.717, 1.165) is 39.7 Å². The number of nitrogens with one attached hydrogen (secondary N) is 1. The van der Waals surface area contributed by atoms with Gasteiger partial charge in [0.1, 0.15) is 5.82 Å². The summed E-state index contributed by atoms with van der Waals surface area (Å²) in [5.74, 6) is 2.12. The standard InChI is InChI=1S/C20H17N3O3/c1-12-4-2-3-5-16(12)23-20-15(10-21-23)14(9-19(24)22-20)13-6-7-17-18(8-13)26-11-25-17/h2-8,10,14H,9,11H2,1H3,(H,22,24). The van der Waals surface area contributed by atoms with Crippen LogP contribution in [0.1, 0.15) is 29.0 Å². The lowest BCUT2D eigenvalue weighted by Gasteiger charge is -2.24. The molecule has 3 heterocycles. The van der Waals surface area contributed by atoms with Gasteiger partial charge in [-0.15, -0.1) is 0 Å². The second-order valence-electron chi connectivity index (χ2n) is 6.56. The van der Waals surface area contributed by atoms with Gasteiger partial charge in [-0.05, 0) is 36.2 Å². The highest BCUT2D eigenvalue weighted by molar-refractivity contribution is 5.94. The fourth-order valence-electron chi connectivity index (χ4n) is 3.63. The Morgan fingerprint density at radius 1 is 1.15 bits per heavy atom. The van der Waals surface area contributed by atoms with E-state index in [2.05, 4.69) is 10.4 Å². The Balaban J connectivity index is 1.62. The minimum atomic E-state index is -0.0639. The van der Waals surface area contributed by atoms with Gasteiger partial charge in [0, 0.05) is 17.9 Å². The molecule has 2 aliphatic heterocycles. The van der Waals surface area contributed by atoms with Crippen LogP contribution in [-0.2, 0) is 4.79 Å². The predicted octanol–water partition coefficient (Wildman–Crippen LogP) is 3.38. The van der Waals surface area contributed by atoms with Gasteiger partial charge in [-0.2, -0.15) is 5.10 Å². The first-order chi connectivity index (χ1) is 12.7. The number of ether oxygens (including phenoxy) is 2. The van der Waals surface area contributed by atoms with Crippen LogP contribution in [0.5, 0.6) is 11.5 Å². The highest BCUT2D eigenvalue weighted by atomic mass is 16.7. The van der Waals surface area contributed by atoms with Crippen molar-refractivity contribution in [2.75, 3.05) is 12.1 Å². The number of rotatable bonds is 2. The van der Waals surface area contributed by atoms with E-state index in [4.69, 9.17) is 9.47 Å². The van der Waals surface area contributed by atoms with Gasteiger partial charge < -0.3 is 14.8 Å². The maximum atomic E-state index is 12.4. The minimum Gasteiger partial charge on any atom is -0.454 e. The van der Waals surface area contributed by atoms with Crippen LogP contribution in [0.3, 0.4) is 0 Å². The highest BCUT2D eigenvalue weighted by Gasteiger charge is 2.31. The van der Waals surface area contributed by atoms with Crippen LogP contribution in [0.4, 0.5) is 5.82 Å². The number of hydrogen-bond acceptors (Lipinski definition) is 4. The second kappa shape index (κ2) is 5.62. The summed E-state index contributed by atoms with van der Waals surface area (Å²) >= 11 is 0. The van der Waals surface area contributed by atoms with E-state index in [1.165, 1.54) is 0 Å². The van der Waals surface area contributed by atoms with Crippen LogP contribution in [0.25, 0.3) is 5.69 Å². The van der Waals surface area contributed by atoms with Crippen molar-refractivity contribution in [2.45, 2.75) is 19.3 Å². The Hall–Kier alpha value is -3.28. The molecule has 0 bridgehead atoms. The Labute approximate surface area is 150 Å². The first kappa shape index (κ1) is 15.0. The molecule has 1 atom stereocenters. The Bertz CT molecular complexity index is 1020. The number of benzene rings is 2. The summed E-state index contributed by atoms with van der Waals surface area (Å²) < 4.78 is 12.7. The average Bonchev–Trinajstić information content (AvgIpc) is 3.27. The normalized spacial score (nSPS) is 17.7. The quantitative estimate of drug-likeness (QED) is 0.772. The van der Waals surface area contributed by atoms with Crippen molar-refractivity contribution >= 4 is 11.7 Å². The molecular weight excluding hydrogens is 330 g/mol. The molecule has 1 aromatic heterocycles. The molecule has 0 radical (unpaired) electrons. The van der Waals surface area contributed by atoms with Gasteiger partial charge in [0.2, 0.25) is 12.7 Å². The molecule has 1 amide bonds. The zero-order valence-electron chi connectivity index (χ0n) is 14.2. The van der Waals surface area contributed by atoms with E-state index in [-0.39, 0.29) is 18.6 Å². The average molecular weight is 347 g/mol. The zero-order chi connectivity index (χ0) is 17.7. The molecule has 1 N–H and O–H groups in total. The lowest BCUT2D eigenvalue weighted by atomic mass is 9.87. The minimum absolute atomic E-state index is 0.0181. The van der Waals surface area contributed by atoms with E-state index >= 15 is 0 Å². The van der Waals surface area contributed by atoms with E-state index in [1.807, 2.05) is 60.3 Å². The maximum Gasteiger partial charge on any atom is 0.231 e. The molecule has 0 saturated carbocycles. The van der Waals surface area contributed by atoms with Crippen molar-refractivity contribution in [3.63, 3.8) is 0 Å². The second-order valence-corrected chi connectivity index (χ2v) is 6.56. The first-order valence-corrected chi connectivity index (χ1v) is 8.54. The zero-order valence-corrected chi connectivity index (χ0v) is 14.2. The number of nitrogens with zero attached hydrogens (tertiary/aromatic N) is 2. The lowest BCUT2D eigenvalue weighted by Crippen LogP contribution is -2.24. The number of hydrogen-bond donors (Lipinski definition) is 1. The smallest absolute Gasteiger partial charge is 0.231 e. The van der Waals surface area contributed by atoms with E-state index in [1.54, 1.807) is 0 Å². The van der Waals surface area contributed by atoms with Gasteiger partial charge in [0.25, 0.3) is 0 Å². The molecule has 0 spiro atoms. The van der Waals surface area contributed by atoms with Crippen LogP contribution >= 0.6 is 0 Å². The molecule has 6 heteroatoms. The number of amides is 1. The fourth-order valence-corrected chi connectivity index (χ4v) is 3.63. The van der Waals surface area contributed by atoms with Gasteiger partial charge in [0.05, 0.1) is 11.9 Å². The predicted molar refractivity (Wildman–Crippen MR) is 96.0 cm³/mol. The number of fused-ring (bicyclic) bond motifs is 2. The molecule has 1 unspecified atom stereocenters. The molecule has 130 valence electrons. The van der Waals surface area contributed by atoms with Crippen molar-refractivity contribution in [2.24, 2.45) is 0 Å². The first-order valence-electron chi connectivity index (χ1n) is 8.54. The van der Waals surface area contributed by atoms with Crippen LogP contribution in [0.15, 0.2) is 48.7 Å². The summed E-state index contributed by atoms with van der Waals surface area (Å²) in [7, 11) is 0. The van der Waals surface area contributed by atoms with Crippen LogP contribution in [-0.4, -0.2) is 22.5 Å². The number of carbonyl (C=O) groups excluding carboxylic acids is 1. The van der Waals surface area contributed by atoms with Crippen LogP contribution in [0, 0.1) is 6.92 Å². The van der Waals surface area contributed by atoms with Crippen molar-refractivity contribution in [3.05, 3.63) is 65.4 Å². The lowest BCUT2D eigenvalue weighted by molar-refractivity contribution is -0.116. The number of aryl methyl sites for hydroxylation is 1. The maximum absolute atomic E-state index is 12.4. The number of anilines is 1. The van der Waals surface area contributed by atoms with E-state index < -0.39 is 0 Å². The molecule has 2 aromatic carbocycles. The highest BCUT2D eigenvalue weighted by Crippen LogP contribution is 2.42. The Morgan fingerprint density at radius 3 is 2.88 bits per heavy atom. The van der Waals surface area contributed by atoms with Crippen LogP contribution < -0.4 is 14.8 Å². The van der Waals surface area contributed by atoms with Gasteiger partial charge in [-0.25, -0.2) is 4.68 Å². The third kappa shape index (κ3) is 2.26. The topological polar surface area (TPSA) is 65.4 Å². The largest absolute Gasteiger partial charge is 0.454 e.